The first-order chi connectivity index (χ1) is 12.4. The molecule has 1 atom stereocenters. The monoisotopic (exact) mass is 384 g/mol. The third kappa shape index (κ3) is 9.75. The number of rotatable bonds is 14. The third-order valence-corrected chi connectivity index (χ3v) is 6.36. The quantitative estimate of drug-likeness (QED) is 0.335. The Labute approximate surface area is 160 Å². The van der Waals surface area contributed by atoms with Crippen LogP contribution in [0.25, 0.3) is 0 Å². The van der Waals surface area contributed by atoms with E-state index in [-0.39, 0.29) is 0 Å². The normalized spacial score (nSPS) is 13.2. The molecule has 0 bridgehead atoms. The predicted octanol–water partition coefficient (Wildman–Crippen LogP) is 6.68. The lowest BCUT2D eigenvalue weighted by Gasteiger charge is -2.17. The van der Waals surface area contributed by atoms with Crippen LogP contribution in [0, 0.1) is 11.8 Å². The SMILES string of the molecule is CCOP(=O)(Cc1ccc(OCCC(C)CCCC(C)C)cc1)OCC. The van der Waals surface area contributed by atoms with Crippen LogP contribution in [0.2, 0.25) is 0 Å². The number of hydrogen-bond acceptors (Lipinski definition) is 4. The van der Waals surface area contributed by atoms with Crippen LogP contribution >= 0.6 is 7.60 Å². The summed E-state index contributed by atoms with van der Waals surface area (Å²) < 4.78 is 29.1. The summed E-state index contributed by atoms with van der Waals surface area (Å²) in [5, 5.41) is 0. The molecule has 0 N–H and O–H groups in total. The molecule has 0 heterocycles. The second-order valence-corrected chi connectivity index (χ2v) is 9.37. The maximum absolute atomic E-state index is 12.6. The van der Waals surface area contributed by atoms with Crippen molar-refractivity contribution in [1.82, 2.24) is 0 Å². The van der Waals surface area contributed by atoms with E-state index in [2.05, 4.69) is 20.8 Å². The van der Waals surface area contributed by atoms with Crippen molar-refractivity contribution in [2.45, 2.75) is 66.5 Å². The average Bonchev–Trinajstić information content (AvgIpc) is 2.56. The van der Waals surface area contributed by atoms with Crippen LogP contribution in [0.15, 0.2) is 24.3 Å². The number of hydrogen-bond donors (Lipinski definition) is 0. The summed E-state index contributed by atoms with van der Waals surface area (Å²) in [7, 11) is -3.05. The Hall–Kier alpha value is -0.830. The van der Waals surface area contributed by atoms with Crippen LogP contribution in [0.4, 0.5) is 0 Å². The van der Waals surface area contributed by atoms with Crippen molar-refractivity contribution >= 4 is 7.60 Å². The molecular weight excluding hydrogens is 347 g/mol. The second kappa shape index (κ2) is 12.5. The topological polar surface area (TPSA) is 44.8 Å². The molecule has 0 amide bonds. The van der Waals surface area contributed by atoms with Crippen molar-refractivity contribution in [1.29, 1.82) is 0 Å². The Morgan fingerprint density at radius 3 is 2.08 bits per heavy atom. The van der Waals surface area contributed by atoms with Gasteiger partial charge in [0, 0.05) is 0 Å². The lowest BCUT2D eigenvalue weighted by Crippen LogP contribution is -2.05. The molecule has 1 aromatic carbocycles. The van der Waals surface area contributed by atoms with Crippen LogP contribution in [0.1, 0.15) is 65.9 Å². The van der Waals surface area contributed by atoms with Crippen molar-refractivity contribution in [3.63, 3.8) is 0 Å². The number of benzene rings is 1. The van der Waals surface area contributed by atoms with Gasteiger partial charge in [0.05, 0.1) is 26.0 Å². The highest BCUT2D eigenvalue weighted by Crippen LogP contribution is 2.51. The fraction of sp³-hybridized carbons (Fsp3) is 0.714. The fourth-order valence-electron chi connectivity index (χ4n) is 2.83. The van der Waals surface area contributed by atoms with E-state index in [1.54, 1.807) is 0 Å². The van der Waals surface area contributed by atoms with E-state index in [4.69, 9.17) is 13.8 Å². The van der Waals surface area contributed by atoms with Gasteiger partial charge in [0.1, 0.15) is 5.75 Å². The standard InChI is InChI=1S/C21H37O4P/c1-6-24-26(22,25-7-2)17-20-11-13-21(14-12-20)23-16-15-19(5)10-8-9-18(3)4/h11-14,18-19H,6-10,15-17H2,1-5H3. The Morgan fingerprint density at radius 1 is 0.923 bits per heavy atom. The summed E-state index contributed by atoms with van der Waals surface area (Å²) in [4.78, 5) is 0. The van der Waals surface area contributed by atoms with Gasteiger partial charge < -0.3 is 13.8 Å². The molecule has 150 valence electrons. The lowest BCUT2D eigenvalue weighted by molar-refractivity contribution is 0.219. The molecule has 5 heteroatoms. The van der Waals surface area contributed by atoms with Crippen LogP contribution < -0.4 is 4.74 Å². The van der Waals surface area contributed by atoms with E-state index >= 15 is 0 Å². The highest BCUT2D eigenvalue weighted by Gasteiger charge is 2.23. The molecule has 0 aliphatic heterocycles. The van der Waals surface area contributed by atoms with Crippen molar-refractivity contribution in [2.24, 2.45) is 11.8 Å². The van der Waals surface area contributed by atoms with E-state index in [0.717, 1.165) is 30.3 Å². The van der Waals surface area contributed by atoms with Gasteiger partial charge in [0.2, 0.25) is 0 Å². The zero-order valence-electron chi connectivity index (χ0n) is 17.2. The first kappa shape index (κ1) is 23.2. The molecule has 0 saturated heterocycles. The molecule has 0 aliphatic carbocycles. The van der Waals surface area contributed by atoms with Crippen molar-refractivity contribution < 1.29 is 18.3 Å². The molecule has 4 nitrogen and oxygen atoms in total. The largest absolute Gasteiger partial charge is 0.494 e. The first-order valence-electron chi connectivity index (χ1n) is 9.98. The Balaban J connectivity index is 2.39. The summed E-state index contributed by atoms with van der Waals surface area (Å²) in [5.41, 5.74) is 0.935. The van der Waals surface area contributed by atoms with Crippen LogP contribution in [-0.4, -0.2) is 19.8 Å². The van der Waals surface area contributed by atoms with Crippen LogP contribution in [0.3, 0.4) is 0 Å². The summed E-state index contributed by atoms with van der Waals surface area (Å²) >= 11 is 0. The maximum Gasteiger partial charge on any atom is 0.335 e. The molecular formula is C21H37O4P. The van der Waals surface area contributed by atoms with Crippen LogP contribution in [-0.2, 0) is 19.8 Å². The van der Waals surface area contributed by atoms with Crippen molar-refractivity contribution in [3.8, 4) is 5.75 Å². The number of ether oxygens (including phenoxy) is 1. The van der Waals surface area contributed by atoms with Gasteiger partial charge >= 0.3 is 7.60 Å². The average molecular weight is 384 g/mol. The molecule has 26 heavy (non-hydrogen) atoms. The molecule has 1 unspecified atom stereocenters. The first-order valence-corrected chi connectivity index (χ1v) is 11.7. The van der Waals surface area contributed by atoms with Gasteiger partial charge in [0.15, 0.2) is 0 Å². The van der Waals surface area contributed by atoms with Gasteiger partial charge in [0.25, 0.3) is 0 Å². The fourth-order valence-corrected chi connectivity index (χ4v) is 4.54. The Bertz CT molecular complexity index is 517. The third-order valence-electron chi connectivity index (χ3n) is 4.31. The highest BCUT2D eigenvalue weighted by molar-refractivity contribution is 7.53. The van der Waals surface area contributed by atoms with E-state index in [9.17, 15) is 4.57 Å². The molecule has 0 spiro atoms. The molecule has 0 radical (unpaired) electrons. The molecule has 1 rings (SSSR count). The molecule has 0 aliphatic rings. The summed E-state index contributed by atoms with van der Waals surface area (Å²) in [6.07, 6.45) is 5.24. The zero-order valence-corrected chi connectivity index (χ0v) is 18.1. The minimum atomic E-state index is -3.05. The molecule has 0 fully saturated rings. The van der Waals surface area contributed by atoms with Gasteiger partial charge in [-0.2, -0.15) is 0 Å². The Kier molecular flexibility index (Phi) is 11.2. The molecule has 0 aromatic heterocycles. The van der Waals surface area contributed by atoms with E-state index in [1.807, 2.05) is 38.1 Å². The smallest absolute Gasteiger partial charge is 0.335 e. The van der Waals surface area contributed by atoms with Gasteiger partial charge in [-0.15, -0.1) is 0 Å². The second-order valence-electron chi connectivity index (χ2n) is 7.32. The van der Waals surface area contributed by atoms with Gasteiger partial charge in [-0.3, -0.25) is 4.57 Å². The Morgan fingerprint density at radius 2 is 1.54 bits per heavy atom. The van der Waals surface area contributed by atoms with Gasteiger partial charge in [-0.1, -0.05) is 52.2 Å². The van der Waals surface area contributed by atoms with Gasteiger partial charge in [-0.05, 0) is 49.8 Å². The minimum Gasteiger partial charge on any atom is -0.494 e. The minimum absolute atomic E-state index is 0.293. The van der Waals surface area contributed by atoms with Crippen molar-refractivity contribution in [3.05, 3.63) is 29.8 Å². The van der Waals surface area contributed by atoms with E-state index < -0.39 is 7.60 Å². The highest BCUT2D eigenvalue weighted by atomic mass is 31.2. The summed E-state index contributed by atoms with van der Waals surface area (Å²) in [6, 6.07) is 7.74. The maximum atomic E-state index is 12.6. The van der Waals surface area contributed by atoms with Gasteiger partial charge in [-0.25, -0.2) is 0 Å². The zero-order chi connectivity index (χ0) is 19.4. The van der Waals surface area contributed by atoms with E-state index in [0.29, 0.717) is 25.3 Å². The summed E-state index contributed by atoms with van der Waals surface area (Å²) in [5.74, 6) is 2.33. The lowest BCUT2D eigenvalue weighted by atomic mass is 9.98. The predicted molar refractivity (Wildman–Crippen MR) is 109 cm³/mol. The van der Waals surface area contributed by atoms with E-state index in [1.165, 1.54) is 19.3 Å². The van der Waals surface area contributed by atoms with Crippen molar-refractivity contribution in [2.75, 3.05) is 19.8 Å². The van der Waals surface area contributed by atoms with Crippen LogP contribution in [0.5, 0.6) is 5.75 Å². The summed E-state index contributed by atoms with van der Waals surface area (Å²) in [6.45, 7) is 12.0. The molecule has 0 saturated carbocycles. The molecule has 1 aromatic rings.